The molecule has 2 aromatic rings. The van der Waals surface area contributed by atoms with E-state index in [1.807, 2.05) is 0 Å². The van der Waals surface area contributed by atoms with Gasteiger partial charge in [-0.25, -0.2) is 4.39 Å². The third-order valence-electron chi connectivity index (χ3n) is 3.00. The summed E-state index contributed by atoms with van der Waals surface area (Å²) in [4.78, 5) is 10.4. The molecular formula is C15H15FN2O3. The number of nitrogens with two attached hydrogens (primary N) is 1. The van der Waals surface area contributed by atoms with Crippen LogP contribution in [0.5, 0.6) is 5.75 Å². The van der Waals surface area contributed by atoms with Gasteiger partial charge in [0.15, 0.2) is 11.6 Å². The second-order valence-electron chi connectivity index (χ2n) is 4.48. The van der Waals surface area contributed by atoms with Crippen LogP contribution in [0.2, 0.25) is 0 Å². The molecule has 21 heavy (non-hydrogen) atoms. The summed E-state index contributed by atoms with van der Waals surface area (Å²) in [6.07, 6.45) is 0.585. The van der Waals surface area contributed by atoms with Crippen LogP contribution < -0.4 is 10.5 Å². The Labute approximate surface area is 121 Å². The van der Waals surface area contributed by atoms with E-state index in [-0.39, 0.29) is 18.0 Å². The summed E-state index contributed by atoms with van der Waals surface area (Å²) in [7, 11) is 0. The van der Waals surface area contributed by atoms with E-state index in [1.54, 1.807) is 24.3 Å². The van der Waals surface area contributed by atoms with Gasteiger partial charge in [0, 0.05) is 6.07 Å². The summed E-state index contributed by atoms with van der Waals surface area (Å²) < 4.78 is 19.2. The predicted molar refractivity (Wildman–Crippen MR) is 76.6 cm³/mol. The molecule has 0 radical (unpaired) electrons. The van der Waals surface area contributed by atoms with Crippen molar-refractivity contribution in [1.82, 2.24) is 0 Å². The van der Waals surface area contributed by atoms with Crippen molar-refractivity contribution >= 4 is 5.69 Å². The van der Waals surface area contributed by atoms with Crippen molar-refractivity contribution in [3.8, 4) is 5.75 Å². The van der Waals surface area contributed by atoms with Crippen LogP contribution in [0.15, 0.2) is 42.5 Å². The molecule has 6 heteroatoms. The molecule has 0 amide bonds. The lowest BCUT2D eigenvalue weighted by atomic mass is 10.1. The summed E-state index contributed by atoms with van der Waals surface area (Å²) in [6.45, 7) is 0.375. The van der Waals surface area contributed by atoms with E-state index in [1.165, 1.54) is 18.2 Å². The molecule has 0 bridgehead atoms. The minimum Gasteiger partial charge on any atom is -0.486 e. The largest absolute Gasteiger partial charge is 0.486 e. The molecule has 0 aliphatic carbocycles. The van der Waals surface area contributed by atoms with Gasteiger partial charge in [0.25, 0.3) is 5.69 Å². The summed E-state index contributed by atoms with van der Waals surface area (Å²) in [5, 5.41) is 10.9. The average molecular weight is 290 g/mol. The van der Waals surface area contributed by atoms with Gasteiger partial charge in [0.05, 0.1) is 10.5 Å². The molecule has 2 aromatic carbocycles. The highest BCUT2D eigenvalue weighted by molar-refractivity contribution is 5.40. The highest BCUT2D eigenvalue weighted by Gasteiger charge is 2.13. The van der Waals surface area contributed by atoms with Crippen molar-refractivity contribution in [1.29, 1.82) is 0 Å². The first-order valence-electron chi connectivity index (χ1n) is 6.45. The van der Waals surface area contributed by atoms with Gasteiger partial charge in [0.2, 0.25) is 0 Å². The molecule has 0 unspecified atom stereocenters. The van der Waals surface area contributed by atoms with E-state index >= 15 is 0 Å². The van der Waals surface area contributed by atoms with Crippen molar-refractivity contribution in [3.05, 3.63) is 69.5 Å². The number of nitro benzene ring substituents is 1. The highest BCUT2D eigenvalue weighted by atomic mass is 19.1. The molecule has 0 saturated heterocycles. The summed E-state index contributed by atoms with van der Waals surface area (Å²) >= 11 is 0. The van der Waals surface area contributed by atoms with Crippen molar-refractivity contribution in [2.45, 2.75) is 13.0 Å². The van der Waals surface area contributed by atoms with E-state index in [0.29, 0.717) is 18.5 Å². The maximum atomic E-state index is 13.8. The Balaban J connectivity index is 2.12. The zero-order valence-electron chi connectivity index (χ0n) is 11.3. The number of rotatable bonds is 6. The average Bonchev–Trinajstić information content (AvgIpc) is 2.47. The summed E-state index contributed by atoms with van der Waals surface area (Å²) in [5.41, 5.74) is 6.55. The quantitative estimate of drug-likeness (QED) is 0.655. The van der Waals surface area contributed by atoms with E-state index < -0.39 is 10.7 Å². The second kappa shape index (κ2) is 6.81. The van der Waals surface area contributed by atoms with E-state index in [9.17, 15) is 14.5 Å². The van der Waals surface area contributed by atoms with Gasteiger partial charge in [-0.1, -0.05) is 18.2 Å². The van der Waals surface area contributed by atoms with Crippen molar-refractivity contribution in [2.75, 3.05) is 6.54 Å². The monoisotopic (exact) mass is 290 g/mol. The lowest BCUT2D eigenvalue weighted by molar-refractivity contribution is -0.385. The van der Waals surface area contributed by atoms with Crippen molar-refractivity contribution in [3.63, 3.8) is 0 Å². The fourth-order valence-electron chi connectivity index (χ4n) is 1.95. The minimum absolute atomic E-state index is 0.0438. The molecular weight excluding hydrogens is 275 g/mol. The molecule has 2 rings (SSSR count). The Morgan fingerprint density at radius 1 is 1.24 bits per heavy atom. The number of ether oxygens (including phenoxy) is 1. The van der Waals surface area contributed by atoms with Crippen LogP contribution in [-0.4, -0.2) is 11.5 Å². The van der Waals surface area contributed by atoms with Crippen molar-refractivity contribution in [2.24, 2.45) is 5.73 Å². The highest BCUT2D eigenvalue weighted by Crippen LogP contribution is 2.23. The molecule has 5 nitrogen and oxygen atoms in total. The number of nitro groups is 1. The standard InChI is InChI=1S/C15H15FN2O3/c16-13-9-11(7-8-17)5-6-15(13)21-10-12-3-1-2-4-14(12)18(19)20/h1-6,9H,7-8,10,17H2. The van der Waals surface area contributed by atoms with E-state index in [2.05, 4.69) is 0 Å². The molecule has 0 spiro atoms. The van der Waals surface area contributed by atoms with Gasteiger partial charge in [-0.3, -0.25) is 10.1 Å². The predicted octanol–water partition coefficient (Wildman–Crippen LogP) is 2.81. The van der Waals surface area contributed by atoms with E-state index in [4.69, 9.17) is 10.5 Å². The fourth-order valence-corrected chi connectivity index (χ4v) is 1.95. The lowest BCUT2D eigenvalue weighted by Crippen LogP contribution is -2.04. The maximum Gasteiger partial charge on any atom is 0.276 e. The molecule has 0 saturated carbocycles. The normalized spacial score (nSPS) is 10.4. The second-order valence-corrected chi connectivity index (χ2v) is 4.48. The lowest BCUT2D eigenvalue weighted by Gasteiger charge is -2.09. The third kappa shape index (κ3) is 3.76. The van der Waals surface area contributed by atoms with Crippen LogP contribution in [-0.2, 0) is 13.0 Å². The summed E-state index contributed by atoms with van der Waals surface area (Å²) in [5.74, 6) is -0.437. The van der Waals surface area contributed by atoms with Crippen LogP contribution in [0, 0.1) is 15.9 Å². The molecule has 0 heterocycles. The van der Waals surface area contributed by atoms with Gasteiger partial charge < -0.3 is 10.5 Å². The smallest absolute Gasteiger partial charge is 0.276 e. The van der Waals surface area contributed by atoms with Gasteiger partial charge in [0.1, 0.15) is 6.61 Å². The Kier molecular flexibility index (Phi) is 4.84. The first-order valence-corrected chi connectivity index (χ1v) is 6.45. The van der Waals surface area contributed by atoms with Crippen LogP contribution in [0.4, 0.5) is 10.1 Å². The van der Waals surface area contributed by atoms with E-state index in [0.717, 1.165) is 5.56 Å². The Morgan fingerprint density at radius 2 is 2.00 bits per heavy atom. The molecule has 2 N–H and O–H groups in total. The molecule has 0 aliphatic rings. The zero-order chi connectivity index (χ0) is 15.2. The van der Waals surface area contributed by atoms with Gasteiger partial charge in [-0.05, 0) is 36.7 Å². The number of para-hydroxylation sites is 1. The molecule has 0 fully saturated rings. The van der Waals surface area contributed by atoms with Gasteiger partial charge in [-0.15, -0.1) is 0 Å². The minimum atomic E-state index is -0.500. The number of nitrogens with zero attached hydrogens (tertiary/aromatic N) is 1. The van der Waals surface area contributed by atoms with Crippen LogP contribution in [0.1, 0.15) is 11.1 Å². The first kappa shape index (κ1) is 14.9. The van der Waals surface area contributed by atoms with Gasteiger partial charge in [-0.2, -0.15) is 0 Å². The Morgan fingerprint density at radius 3 is 2.67 bits per heavy atom. The molecule has 0 aliphatic heterocycles. The van der Waals surface area contributed by atoms with Crippen molar-refractivity contribution < 1.29 is 14.1 Å². The Hall–Kier alpha value is -2.47. The topological polar surface area (TPSA) is 78.4 Å². The number of halogens is 1. The zero-order valence-corrected chi connectivity index (χ0v) is 11.3. The SMILES string of the molecule is NCCc1ccc(OCc2ccccc2[N+](=O)[O-])c(F)c1. The Bertz CT molecular complexity index is 647. The van der Waals surface area contributed by atoms with Gasteiger partial charge >= 0.3 is 0 Å². The molecule has 110 valence electrons. The molecule has 0 aromatic heterocycles. The van der Waals surface area contributed by atoms with Crippen LogP contribution in [0.3, 0.4) is 0 Å². The number of benzene rings is 2. The number of hydrogen-bond donors (Lipinski definition) is 1. The van der Waals surface area contributed by atoms with Crippen LogP contribution >= 0.6 is 0 Å². The molecule has 0 atom stereocenters. The fraction of sp³-hybridized carbons (Fsp3) is 0.200. The third-order valence-corrected chi connectivity index (χ3v) is 3.00. The first-order chi connectivity index (χ1) is 10.1. The maximum absolute atomic E-state index is 13.8. The number of hydrogen-bond acceptors (Lipinski definition) is 4. The summed E-state index contributed by atoms with van der Waals surface area (Å²) in [6, 6.07) is 10.8. The van der Waals surface area contributed by atoms with Crippen LogP contribution in [0.25, 0.3) is 0 Å².